The van der Waals surface area contributed by atoms with Crippen LogP contribution in [-0.4, -0.2) is 83.7 Å². The molecular formula is C13H21F3N2O7. The van der Waals surface area contributed by atoms with Gasteiger partial charge in [0.1, 0.15) is 24.4 Å². The third-order valence-electron chi connectivity index (χ3n) is 3.40. The molecule has 1 heterocycles. The van der Waals surface area contributed by atoms with Crippen LogP contribution in [0.15, 0.2) is 0 Å². The third kappa shape index (κ3) is 6.40. The fourth-order valence-corrected chi connectivity index (χ4v) is 2.19. The van der Waals surface area contributed by atoms with Gasteiger partial charge in [-0.1, -0.05) is 0 Å². The Bertz CT molecular complexity index is 463. The molecule has 0 aromatic carbocycles. The smallest absolute Gasteiger partial charge is 0.394 e. The minimum atomic E-state index is -4.97. The lowest BCUT2D eigenvalue weighted by Gasteiger charge is -2.42. The molecule has 0 aliphatic carbocycles. The van der Waals surface area contributed by atoms with Gasteiger partial charge in [0.25, 0.3) is 0 Å². The summed E-state index contributed by atoms with van der Waals surface area (Å²) in [6.07, 6.45) is -10.3. The number of alkyl halides is 3. The van der Waals surface area contributed by atoms with Crippen LogP contribution in [-0.2, 0) is 19.1 Å². The molecule has 1 aliphatic rings. The Morgan fingerprint density at radius 1 is 1.24 bits per heavy atom. The standard InChI is InChI=1S/C13H21F3N2O7/c1-6(20)18-8-10(22)9(21)7(5-19)25-11(8)24-4-2-3-17-12(23)13(14,15)16/h7-11,19,21-22H,2-5H2,1H3,(H,17,23)(H,18,20)/t7-,8-,9+,10-,11-/m1/s1. The molecular weight excluding hydrogens is 353 g/mol. The van der Waals surface area contributed by atoms with E-state index in [4.69, 9.17) is 14.6 Å². The van der Waals surface area contributed by atoms with Crippen molar-refractivity contribution in [2.75, 3.05) is 19.8 Å². The Morgan fingerprint density at radius 3 is 2.40 bits per heavy atom. The highest BCUT2D eigenvalue weighted by Crippen LogP contribution is 2.22. The van der Waals surface area contributed by atoms with E-state index in [0.717, 1.165) is 0 Å². The first-order chi connectivity index (χ1) is 11.6. The Morgan fingerprint density at radius 2 is 1.88 bits per heavy atom. The van der Waals surface area contributed by atoms with Crippen LogP contribution >= 0.6 is 0 Å². The van der Waals surface area contributed by atoms with E-state index in [1.165, 1.54) is 6.92 Å². The number of amides is 2. The quantitative estimate of drug-likeness (QED) is 0.326. The second kappa shape index (κ2) is 9.29. The van der Waals surface area contributed by atoms with Gasteiger partial charge in [-0.05, 0) is 6.42 Å². The minimum Gasteiger partial charge on any atom is -0.394 e. The van der Waals surface area contributed by atoms with E-state index in [9.17, 15) is 33.0 Å². The van der Waals surface area contributed by atoms with Crippen LogP contribution in [0.4, 0.5) is 13.2 Å². The van der Waals surface area contributed by atoms with Gasteiger partial charge in [-0.2, -0.15) is 13.2 Å². The zero-order valence-corrected chi connectivity index (χ0v) is 13.3. The van der Waals surface area contributed by atoms with Crippen molar-refractivity contribution in [2.45, 2.75) is 50.2 Å². The average molecular weight is 374 g/mol. The second-order valence-electron chi connectivity index (χ2n) is 5.41. The van der Waals surface area contributed by atoms with E-state index < -0.39 is 55.2 Å². The minimum absolute atomic E-state index is 0.00306. The van der Waals surface area contributed by atoms with Crippen LogP contribution in [0.5, 0.6) is 0 Å². The zero-order chi connectivity index (χ0) is 19.2. The van der Waals surface area contributed by atoms with Crippen molar-refractivity contribution >= 4 is 11.8 Å². The molecule has 5 N–H and O–H groups in total. The molecule has 0 spiro atoms. The summed E-state index contributed by atoms with van der Waals surface area (Å²) in [7, 11) is 0. The van der Waals surface area contributed by atoms with E-state index in [2.05, 4.69) is 5.32 Å². The van der Waals surface area contributed by atoms with Crippen molar-refractivity contribution in [1.29, 1.82) is 0 Å². The predicted molar refractivity (Wildman–Crippen MR) is 75.0 cm³/mol. The van der Waals surface area contributed by atoms with Crippen molar-refractivity contribution < 1.29 is 47.6 Å². The maximum absolute atomic E-state index is 12.0. The van der Waals surface area contributed by atoms with Gasteiger partial charge in [-0.15, -0.1) is 0 Å². The van der Waals surface area contributed by atoms with Crippen molar-refractivity contribution in [3.05, 3.63) is 0 Å². The molecule has 0 aromatic rings. The molecule has 0 saturated carbocycles. The van der Waals surface area contributed by atoms with Crippen LogP contribution in [0.2, 0.25) is 0 Å². The fraction of sp³-hybridized carbons (Fsp3) is 0.846. The number of hydrogen-bond acceptors (Lipinski definition) is 7. The van der Waals surface area contributed by atoms with Crippen molar-refractivity contribution in [3.63, 3.8) is 0 Å². The molecule has 2 amide bonds. The summed E-state index contributed by atoms with van der Waals surface area (Å²) in [5, 5.41) is 32.9. The third-order valence-corrected chi connectivity index (χ3v) is 3.40. The summed E-state index contributed by atoms with van der Waals surface area (Å²) in [5.41, 5.74) is 0. The van der Waals surface area contributed by atoms with Crippen molar-refractivity contribution in [2.24, 2.45) is 0 Å². The molecule has 0 aromatic heterocycles. The number of rotatable bonds is 7. The highest BCUT2D eigenvalue weighted by Gasteiger charge is 2.45. The number of ether oxygens (including phenoxy) is 2. The van der Waals surface area contributed by atoms with Gasteiger partial charge in [-0.3, -0.25) is 9.59 Å². The summed E-state index contributed by atoms with van der Waals surface area (Å²) in [4.78, 5) is 21.8. The van der Waals surface area contributed by atoms with Crippen LogP contribution in [0, 0.1) is 0 Å². The molecule has 146 valence electrons. The van der Waals surface area contributed by atoms with Gasteiger partial charge in [0.2, 0.25) is 5.91 Å². The first-order valence-electron chi connectivity index (χ1n) is 7.44. The summed E-state index contributed by atoms with van der Waals surface area (Å²) in [6, 6.07) is -1.14. The Balaban J connectivity index is 2.52. The van der Waals surface area contributed by atoms with Gasteiger partial charge in [0, 0.05) is 13.5 Å². The average Bonchev–Trinajstić information content (AvgIpc) is 2.51. The fourth-order valence-electron chi connectivity index (χ4n) is 2.19. The molecule has 1 fully saturated rings. The Kier molecular flexibility index (Phi) is 8.02. The molecule has 0 unspecified atom stereocenters. The van der Waals surface area contributed by atoms with E-state index in [1.54, 1.807) is 5.32 Å². The summed E-state index contributed by atoms with van der Waals surface area (Å²) in [5.74, 6) is -2.61. The topological polar surface area (TPSA) is 137 Å². The summed E-state index contributed by atoms with van der Waals surface area (Å²) >= 11 is 0. The molecule has 5 atom stereocenters. The maximum atomic E-state index is 12.0. The molecule has 1 rings (SSSR count). The Labute approximate surface area is 141 Å². The number of hydrogen-bond donors (Lipinski definition) is 5. The van der Waals surface area contributed by atoms with Gasteiger partial charge >= 0.3 is 12.1 Å². The van der Waals surface area contributed by atoms with E-state index in [-0.39, 0.29) is 19.6 Å². The zero-order valence-electron chi connectivity index (χ0n) is 13.3. The normalized spacial score (nSPS) is 30.0. The lowest BCUT2D eigenvalue weighted by Crippen LogP contribution is -2.64. The first kappa shape index (κ1) is 21.6. The van der Waals surface area contributed by atoms with E-state index in [1.807, 2.05) is 0 Å². The molecule has 12 heteroatoms. The van der Waals surface area contributed by atoms with Gasteiger partial charge in [0.05, 0.1) is 13.2 Å². The monoisotopic (exact) mass is 374 g/mol. The predicted octanol–water partition coefficient (Wildman–Crippen LogP) is -1.98. The second-order valence-corrected chi connectivity index (χ2v) is 5.41. The lowest BCUT2D eigenvalue weighted by molar-refractivity contribution is -0.270. The van der Waals surface area contributed by atoms with Gasteiger partial charge in [-0.25, -0.2) is 0 Å². The molecule has 1 aliphatic heterocycles. The van der Waals surface area contributed by atoms with Crippen LogP contribution in [0.3, 0.4) is 0 Å². The Hall–Kier alpha value is -1.47. The van der Waals surface area contributed by atoms with Crippen LogP contribution < -0.4 is 10.6 Å². The van der Waals surface area contributed by atoms with Crippen molar-refractivity contribution in [3.8, 4) is 0 Å². The summed E-state index contributed by atoms with van der Waals surface area (Å²) in [6.45, 7) is 0.0673. The van der Waals surface area contributed by atoms with Crippen molar-refractivity contribution in [1.82, 2.24) is 10.6 Å². The number of aliphatic hydroxyl groups excluding tert-OH is 3. The van der Waals surface area contributed by atoms with Crippen LogP contribution in [0.1, 0.15) is 13.3 Å². The van der Waals surface area contributed by atoms with Crippen LogP contribution in [0.25, 0.3) is 0 Å². The summed E-state index contributed by atoms with van der Waals surface area (Å²) < 4.78 is 46.5. The number of carbonyl (C=O) groups is 2. The van der Waals surface area contributed by atoms with E-state index >= 15 is 0 Å². The molecule has 1 saturated heterocycles. The molecule has 9 nitrogen and oxygen atoms in total. The van der Waals surface area contributed by atoms with Gasteiger partial charge < -0.3 is 35.4 Å². The molecule has 25 heavy (non-hydrogen) atoms. The van der Waals surface area contributed by atoms with E-state index in [0.29, 0.717) is 0 Å². The number of nitrogens with one attached hydrogen (secondary N) is 2. The first-order valence-corrected chi connectivity index (χ1v) is 7.44. The largest absolute Gasteiger partial charge is 0.471 e. The highest BCUT2D eigenvalue weighted by molar-refractivity contribution is 5.81. The highest BCUT2D eigenvalue weighted by atomic mass is 19.4. The lowest BCUT2D eigenvalue weighted by atomic mass is 9.97. The number of aliphatic hydroxyl groups is 3. The SMILES string of the molecule is CC(=O)N[C@H]1[C@H](OCCCNC(=O)C(F)(F)F)O[C@H](CO)[C@H](O)[C@@H]1O. The number of halogens is 3. The molecule has 0 bridgehead atoms. The maximum Gasteiger partial charge on any atom is 0.471 e. The molecule has 0 radical (unpaired) electrons. The van der Waals surface area contributed by atoms with Gasteiger partial charge in [0.15, 0.2) is 6.29 Å². The number of carbonyl (C=O) groups excluding carboxylic acids is 2.